The molecule has 0 atom stereocenters. The first-order chi connectivity index (χ1) is 9.31. The highest BCUT2D eigenvalue weighted by molar-refractivity contribution is 6.30. The molecule has 0 N–H and O–H groups in total. The van der Waals surface area contributed by atoms with Crippen LogP contribution in [0.2, 0.25) is 0 Å². The molecule has 1 rings (SSSR count). The van der Waals surface area contributed by atoms with E-state index in [0.717, 1.165) is 11.3 Å². The molecule has 0 aliphatic carbocycles. The second kappa shape index (κ2) is 7.29. The van der Waals surface area contributed by atoms with Gasteiger partial charge in [0.1, 0.15) is 5.60 Å². The van der Waals surface area contributed by atoms with Crippen molar-refractivity contribution in [2.75, 3.05) is 20.3 Å². The zero-order valence-electron chi connectivity index (χ0n) is 13.0. The van der Waals surface area contributed by atoms with Crippen molar-refractivity contribution in [1.82, 2.24) is 9.88 Å². The molecule has 1 aromatic rings. The molecule has 0 spiro atoms. The van der Waals surface area contributed by atoms with Crippen LogP contribution >= 0.6 is 0 Å². The molecule has 1 amide bonds. The smallest absolute Gasteiger partial charge is 0.410 e. The maximum absolute atomic E-state index is 12.2. The van der Waals surface area contributed by atoms with Gasteiger partial charge in [-0.05, 0) is 32.4 Å². The minimum absolute atomic E-state index is 0.349. The first-order valence-corrected chi connectivity index (χ1v) is 6.71. The second-order valence-corrected chi connectivity index (χ2v) is 5.67. The molecule has 1 aromatic heterocycles. The Balaban J connectivity index is 2.75. The molecule has 6 heteroatoms. The van der Waals surface area contributed by atoms with Crippen LogP contribution in [-0.4, -0.2) is 49.7 Å². The van der Waals surface area contributed by atoms with E-state index < -0.39 is 5.60 Å². The molecule has 0 radical (unpaired) electrons. The first kappa shape index (κ1) is 16.5. The van der Waals surface area contributed by atoms with Crippen molar-refractivity contribution in [2.24, 2.45) is 0 Å². The minimum atomic E-state index is -0.511. The molecule has 0 aliphatic heterocycles. The maximum atomic E-state index is 12.2. The lowest BCUT2D eigenvalue weighted by molar-refractivity contribution is 0.0181. The van der Waals surface area contributed by atoms with Gasteiger partial charge in [-0.2, -0.15) is 0 Å². The zero-order valence-corrected chi connectivity index (χ0v) is 13.0. The second-order valence-electron chi connectivity index (χ2n) is 5.67. The third-order valence-electron chi connectivity index (χ3n) is 2.52. The summed E-state index contributed by atoms with van der Waals surface area (Å²) in [6.45, 7) is 6.91. The quantitative estimate of drug-likeness (QED) is 0.745. The standard InChI is InChI=1S/C14H23BN2O3/c1-14(2,3)20-13(18)17(8-9-19-4)10-11-6-5-7-12(15)16-11/h5-7H,8-10,15H2,1-4H3. The lowest BCUT2D eigenvalue weighted by Crippen LogP contribution is -2.38. The maximum Gasteiger partial charge on any atom is 0.410 e. The van der Waals surface area contributed by atoms with Crippen molar-refractivity contribution >= 4 is 19.5 Å². The summed E-state index contributed by atoms with van der Waals surface area (Å²) in [5, 5.41) is 0. The average Bonchev–Trinajstić information content (AvgIpc) is 2.32. The molecular weight excluding hydrogens is 255 g/mol. The van der Waals surface area contributed by atoms with Crippen molar-refractivity contribution in [3.63, 3.8) is 0 Å². The van der Waals surface area contributed by atoms with Crippen LogP contribution in [-0.2, 0) is 16.0 Å². The van der Waals surface area contributed by atoms with E-state index in [9.17, 15) is 4.79 Å². The van der Waals surface area contributed by atoms with Gasteiger partial charge in [0.2, 0.25) is 0 Å². The van der Waals surface area contributed by atoms with E-state index in [4.69, 9.17) is 9.47 Å². The number of aromatic nitrogens is 1. The van der Waals surface area contributed by atoms with Gasteiger partial charge in [0.15, 0.2) is 7.85 Å². The first-order valence-electron chi connectivity index (χ1n) is 6.71. The summed E-state index contributed by atoms with van der Waals surface area (Å²) in [6, 6.07) is 5.76. The van der Waals surface area contributed by atoms with Crippen molar-refractivity contribution in [1.29, 1.82) is 0 Å². The largest absolute Gasteiger partial charge is 0.444 e. The lowest BCUT2D eigenvalue weighted by Gasteiger charge is -2.27. The molecule has 20 heavy (non-hydrogen) atoms. The van der Waals surface area contributed by atoms with E-state index in [0.29, 0.717) is 19.7 Å². The summed E-state index contributed by atoms with van der Waals surface area (Å²) in [7, 11) is 3.54. The molecule has 1 heterocycles. The fraction of sp³-hybridized carbons (Fsp3) is 0.571. The molecule has 0 saturated heterocycles. The van der Waals surface area contributed by atoms with Crippen molar-refractivity contribution in [2.45, 2.75) is 32.9 Å². The van der Waals surface area contributed by atoms with Crippen LogP contribution in [0.25, 0.3) is 0 Å². The van der Waals surface area contributed by atoms with Gasteiger partial charge in [0.25, 0.3) is 0 Å². The number of carbonyl (C=O) groups excluding carboxylic acids is 1. The average molecular weight is 278 g/mol. The fourth-order valence-electron chi connectivity index (χ4n) is 1.65. The number of methoxy groups -OCH3 is 1. The monoisotopic (exact) mass is 278 g/mol. The topological polar surface area (TPSA) is 51.7 Å². The van der Waals surface area contributed by atoms with Crippen LogP contribution < -0.4 is 5.59 Å². The van der Waals surface area contributed by atoms with Crippen LogP contribution in [0.4, 0.5) is 4.79 Å². The molecule has 0 aromatic carbocycles. The van der Waals surface area contributed by atoms with Crippen LogP contribution in [0.1, 0.15) is 26.5 Å². The summed E-state index contributed by atoms with van der Waals surface area (Å²) in [4.78, 5) is 18.2. The van der Waals surface area contributed by atoms with Crippen LogP contribution in [0.5, 0.6) is 0 Å². The Morgan fingerprint density at radius 1 is 1.40 bits per heavy atom. The highest BCUT2D eigenvalue weighted by Gasteiger charge is 2.22. The summed E-state index contributed by atoms with van der Waals surface area (Å²) < 4.78 is 10.4. The van der Waals surface area contributed by atoms with E-state index in [1.807, 2.05) is 46.8 Å². The molecule has 110 valence electrons. The van der Waals surface area contributed by atoms with E-state index in [-0.39, 0.29) is 6.09 Å². The predicted octanol–water partition coefficient (Wildman–Crippen LogP) is 0.723. The van der Waals surface area contributed by atoms with Gasteiger partial charge < -0.3 is 9.47 Å². The van der Waals surface area contributed by atoms with Gasteiger partial charge in [-0.15, -0.1) is 0 Å². The van der Waals surface area contributed by atoms with Crippen molar-refractivity contribution < 1.29 is 14.3 Å². The number of nitrogens with zero attached hydrogens (tertiary/aromatic N) is 2. The Hall–Kier alpha value is -1.56. The van der Waals surface area contributed by atoms with Gasteiger partial charge in [0.05, 0.1) is 18.8 Å². The van der Waals surface area contributed by atoms with Gasteiger partial charge >= 0.3 is 6.09 Å². The molecule has 0 unspecified atom stereocenters. The van der Waals surface area contributed by atoms with E-state index in [1.165, 1.54) is 0 Å². The molecule has 0 saturated carbocycles. The summed E-state index contributed by atoms with van der Waals surface area (Å²) >= 11 is 0. The third kappa shape index (κ3) is 6.06. The Kier molecular flexibility index (Phi) is 6.01. The normalized spacial score (nSPS) is 11.2. The summed E-state index contributed by atoms with van der Waals surface area (Å²) in [6.07, 6.45) is -0.349. The van der Waals surface area contributed by atoms with Crippen LogP contribution in [0, 0.1) is 0 Å². The lowest BCUT2D eigenvalue weighted by atomic mass is 10.0. The van der Waals surface area contributed by atoms with Gasteiger partial charge in [-0.3, -0.25) is 9.88 Å². The number of pyridine rings is 1. The fourth-order valence-corrected chi connectivity index (χ4v) is 1.65. The van der Waals surface area contributed by atoms with Crippen molar-refractivity contribution in [3.8, 4) is 0 Å². The number of hydrogen-bond donors (Lipinski definition) is 0. The summed E-state index contributed by atoms with van der Waals surface area (Å²) in [5.74, 6) is 0. The molecule has 0 aliphatic rings. The molecule has 5 nitrogen and oxygen atoms in total. The molecule has 0 bridgehead atoms. The van der Waals surface area contributed by atoms with E-state index in [2.05, 4.69) is 4.98 Å². The minimum Gasteiger partial charge on any atom is -0.444 e. The van der Waals surface area contributed by atoms with Crippen LogP contribution in [0.15, 0.2) is 18.2 Å². The Bertz CT molecular complexity index is 446. The molecule has 0 fully saturated rings. The number of amides is 1. The summed E-state index contributed by atoms with van der Waals surface area (Å²) in [5.41, 5.74) is 1.26. The third-order valence-corrected chi connectivity index (χ3v) is 2.52. The number of hydrogen-bond acceptors (Lipinski definition) is 4. The van der Waals surface area contributed by atoms with Gasteiger partial charge in [-0.1, -0.05) is 12.1 Å². The number of rotatable bonds is 5. The Labute approximate surface area is 121 Å². The highest BCUT2D eigenvalue weighted by atomic mass is 16.6. The number of carbonyl (C=O) groups is 1. The Morgan fingerprint density at radius 2 is 2.10 bits per heavy atom. The van der Waals surface area contributed by atoms with Crippen LogP contribution in [0.3, 0.4) is 0 Å². The zero-order chi connectivity index (χ0) is 15.2. The number of ether oxygens (including phenoxy) is 2. The van der Waals surface area contributed by atoms with E-state index >= 15 is 0 Å². The SMILES string of the molecule is Bc1cccc(CN(CCOC)C(=O)OC(C)(C)C)n1. The van der Waals surface area contributed by atoms with Gasteiger partial charge in [0, 0.05) is 13.7 Å². The van der Waals surface area contributed by atoms with Gasteiger partial charge in [-0.25, -0.2) is 4.79 Å². The van der Waals surface area contributed by atoms with Crippen molar-refractivity contribution in [3.05, 3.63) is 23.9 Å². The highest BCUT2D eigenvalue weighted by Crippen LogP contribution is 2.11. The molecular formula is C14H23BN2O3. The predicted molar refractivity (Wildman–Crippen MR) is 80.9 cm³/mol. The Morgan fingerprint density at radius 3 is 2.65 bits per heavy atom. The van der Waals surface area contributed by atoms with E-state index in [1.54, 1.807) is 12.0 Å².